The van der Waals surface area contributed by atoms with Crippen molar-refractivity contribution in [1.82, 2.24) is 9.36 Å². The van der Waals surface area contributed by atoms with Gasteiger partial charge in [0.15, 0.2) is 0 Å². The van der Waals surface area contributed by atoms with Gasteiger partial charge in [-0.25, -0.2) is 0 Å². The third-order valence-corrected chi connectivity index (χ3v) is 2.92. The van der Waals surface area contributed by atoms with E-state index in [0.717, 1.165) is 4.47 Å². The minimum Gasteiger partial charge on any atom is -0.429 e. The van der Waals surface area contributed by atoms with Crippen molar-refractivity contribution in [3.05, 3.63) is 29.0 Å². The molecular formula is C8H6BrN3OS. The van der Waals surface area contributed by atoms with E-state index in [1.165, 1.54) is 17.9 Å². The summed E-state index contributed by atoms with van der Waals surface area (Å²) in [5.74, 6) is 0.641. The van der Waals surface area contributed by atoms with Gasteiger partial charge in [-0.2, -0.15) is 9.36 Å². The summed E-state index contributed by atoms with van der Waals surface area (Å²) < 4.78 is 10.0. The fourth-order valence-electron chi connectivity index (χ4n) is 0.909. The molecule has 4 nitrogen and oxygen atoms in total. The molecule has 0 saturated heterocycles. The van der Waals surface area contributed by atoms with Gasteiger partial charge in [-0.1, -0.05) is 6.07 Å². The summed E-state index contributed by atoms with van der Waals surface area (Å²) in [4.78, 5) is 3.91. The maximum atomic E-state index is 5.69. The lowest BCUT2D eigenvalue weighted by Crippen LogP contribution is -1.90. The summed E-state index contributed by atoms with van der Waals surface area (Å²) in [5.41, 5.74) is 6.32. The number of benzene rings is 1. The average Bonchev–Trinajstić information content (AvgIpc) is 2.66. The zero-order valence-electron chi connectivity index (χ0n) is 6.98. The molecule has 14 heavy (non-hydrogen) atoms. The molecule has 1 aromatic carbocycles. The van der Waals surface area contributed by atoms with Gasteiger partial charge in [0.05, 0.1) is 4.47 Å². The van der Waals surface area contributed by atoms with Crippen molar-refractivity contribution < 1.29 is 4.74 Å². The third kappa shape index (κ3) is 1.85. The van der Waals surface area contributed by atoms with Crippen molar-refractivity contribution in [2.24, 2.45) is 0 Å². The molecule has 6 heteroatoms. The van der Waals surface area contributed by atoms with Gasteiger partial charge in [0.25, 0.3) is 5.19 Å². The second kappa shape index (κ2) is 3.93. The van der Waals surface area contributed by atoms with Gasteiger partial charge in [0, 0.05) is 17.2 Å². The first-order valence-electron chi connectivity index (χ1n) is 3.76. The van der Waals surface area contributed by atoms with Crippen LogP contribution in [-0.2, 0) is 0 Å². The number of halogens is 1. The number of hydrogen-bond acceptors (Lipinski definition) is 5. The Morgan fingerprint density at radius 1 is 1.43 bits per heavy atom. The predicted octanol–water partition coefficient (Wildman–Crippen LogP) is 2.68. The zero-order chi connectivity index (χ0) is 9.97. The molecule has 0 amide bonds. The highest BCUT2D eigenvalue weighted by atomic mass is 79.9. The Labute approximate surface area is 93.0 Å². The molecular weight excluding hydrogens is 266 g/mol. The summed E-state index contributed by atoms with van der Waals surface area (Å²) in [5, 5.41) is 0.497. The SMILES string of the molecule is Nc1cccc(Oc2ncns2)c1Br. The van der Waals surface area contributed by atoms with E-state index in [9.17, 15) is 0 Å². The van der Waals surface area contributed by atoms with Gasteiger partial charge < -0.3 is 10.5 Å². The molecule has 0 atom stereocenters. The second-order valence-corrected chi connectivity index (χ2v) is 4.00. The molecule has 0 saturated carbocycles. The minimum absolute atomic E-state index is 0.497. The molecule has 1 heterocycles. The van der Waals surface area contributed by atoms with Crippen LogP contribution in [0.5, 0.6) is 10.9 Å². The van der Waals surface area contributed by atoms with E-state index in [-0.39, 0.29) is 0 Å². The number of rotatable bonds is 2. The molecule has 1 aromatic heterocycles. The van der Waals surface area contributed by atoms with Crippen LogP contribution in [0.4, 0.5) is 5.69 Å². The molecule has 72 valence electrons. The van der Waals surface area contributed by atoms with Crippen LogP contribution >= 0.6 is 27.5 Å². The summed E-state index contributed by atoms with van der Waals surface area (Å²) >= 11 is 4.52. The van der Waals surface area contributed by atoms with Gasteiger partial charge in [0.1, 0.15) is 12.1 Å². The number of ether oxygens (including phenoxy) is 1. The Morgan fingerprint density at radius 2 is 2.29 bits per heavy atom. The summed E-state index contributed by atoms with van der Waals surface area (Å²) in [7, 11) is 0. The quantitative estimate of drug-likeness (QED) is 0.854. The number of hydrogen-bond donors (Lipinski definition) is 1. The molecule has 0 aliphatic heterocycles. The minimum atomic E-state index is 0.497. The van der Waals surface area contributed by atoms with Crippen molar-refractivity contribution >= 4 is 33.1 Å². The third-order valence-electron chi connectivity index (χ3n) is 1.53. The van der Waals surface area contributed by atoms with E-state index in [1.54, 1.807) is 6.07 Å². The maximum absolute atomic E-state index is 5.69. The van der Waals surface area contributed by atoms with Gasteiger partial charge in [-0.15, -0.1) is 0 Å². The average molecular weight is 272 g/mol. The van der Waals surface area contributed by atoms with E-state index in [2.05, 4.69) is 25.3 Å². The summed E-state index contributed by atoms with van der Waals surface area (Å²) in [6.07, 6.45) is 1.44. The Kier molecular flexibility index (Phi) is 2.64. The van der Waals surface area contributed by atoms with Crippen LogP contribution in [0.3, 0.4) is 0 Å². The van der Waals surface area contributed by atoms with Crippen LogP contribution in [0.2, 0.25) is 0 Å². The monoisotopic (exact) mass is 271 g/mol. The van der Waals surface area contributed by atoms with E-state index in [4.69, 9.17) is 10.5 Å². The molecule has 2 rings (SSSR count). The summed E-state index contributed by atoms with van der Waals surface area (Å²) in [6, 6.07) is 5.41. The number of anilines is 1. The normalized spacial score (nSPS) is 10.1. The van der Waals surface area contributed by atoms with Gasteiger partial charge >= 0.3 is 0 Å². The van der Waals surface area contributed by atoms with Crippen LogP contribution in [0, 0.1) is 0 Å². The van der Waals surface area contributed by atoms with Crippen molar-refractivity contribution in [2.75, 3.05) is 5.73 Å². The highest BCUT2D eigenvalue weighted by Crippen LogP contribution is 2.33. The lowest BCUT2D eigenvalue weighted by Gasteiger charge is -2.05. The van der Waals surface area contributed by atoms with Crippen LogP contribution in [0.15, 0.2) is 29.0 Å². The largest absolute Gasteiger partial charge is 0.429 e. The fourth-order valence-corrected chi connectivity index (χ4v) is 1.66. The number of nitrogen functional groups attached to an aromatic ring is 1. The highest BCUT2D eigenvalue weighted by molar-refractivity contribution is 9.10. The predicted molar refractivity (Wildman–Crippen MR) is 58.5 cm³/mol. The summed E-state index contributed by atoms with van der Waals surface area (Å²) in [6.45, 7) is 0. The Bertz CT molecular complexity index is 432. The maximum Gasteiger partial charge on any atom is 0.298 e. The van der Waals surface area contributed by atoms with E-state index >= 15 is 0 Å². The number of nitrogens with zero attached hydrogens (tertiary/aromatic N) is 2. The lowest BCUT2D eigenvalue weighted by atomic mass is 10.3. The van der Waals surface area contributed by atoms with Gasteiger partial charge in [-0.05, 0) is 28.1 Å². The highest BCUT2D eigenvalue weighted by Gasteiger charge is 2.06. The van der Waals surface area contributed by atoms with Crippen LogP contribution in [-0.4, -0.2) is 9.36 Å². The molecule has 0 unspecified atom stereocenters. The van der Waals surface area contributed by atoms with Crippen LogP contribution in [0.25, 0.3) is 0 Å². The zero-order valence-corrected chi connectivity index (χ0v) is 9.38. The fraction of sp³-hybridized carbons (Fsp3) is 0. The lowest BCUT2D eigenvalue weighted by molar-refractivity contribution is 0.476. The van der Waals surface area contributed by atoms with Gasteiger partial charge in [-0.3, -0.25) is 0 Å². The van der Waals surface area contributed by atoms with Gasteiger partial charge in [0.2, 0.25) is 0 Å². The molecule has 0 fully saturated rings. The Morgan fingerprint density at radius 3 is 3.00 bits per heavy atom. The number of nitrogens with two attached hydrogens (primary N) is 1. The van der Waals surface area contributed by atoms with Crippen LogP contribution < -0.4 is 10.5 Å². The topological polar surface area (TPSA) is 61.0 Å². The van der Waals surface area contributed by atoms with Crippen molar-refractivity contribution in [3.8, 4) is 10.9 Å². The Balaban J connectivity index is 2.29. The first-order chi connectivity index (χ1) is 6.77. The standard InChI is InChI=1S/C8H6BrN3OS/c9-7-5(10)2-1-3-6(7)13-8-11-4-12-14-8/h1-4H,10H2. The Hall–Kier alpha value is -1.14. The second-order valence-electron chi connectivity index (χ2n) is 2.47. The molecule has 2 N–H and O–H groups in total. The number of aromatic nitrogens is 2. The van der Waals surface area contributed by atoms with Crippen molar-refractivity contribution in [3.63, 3.8) is 0 Å². The molecule has 2 aromatic rings. The smallest absolute Gasteiger partial charge is 0.298 e. The van der Waals surface area contributed by atoms with E-state index < -0.39 is 0 Å². The molecule has 0 aliphatic carbocycles. The van der Waals surface area contributed by atoms with E-state index in [1.807, 2.05) is 12.1 Å². The van der Waals surface area contributed by atoms with Crippen molar-refractivity contribution in [2.45, 2.75) is 0 Å². The first-order valence-corrected chi connectivity index (χ1v) is 5.32. The molecule has 0 bridgehead atoms. The molecule has 0 spiro atoms. The van der Waals surface area contributed by atoms with Crippen molar-refractivity contribution in [1.29, 1.82) is 0 Å². The van der Waals surface area contributed by atoms with Crippen LogP contribution in [0.1, 0.15) is 0 Å². The van der Waals surface area contributed by atoms with E-state index in [0.29, 0.717) is 16.6 Å². The first kappa shape index (κ1) is 9.42. The molecule has 0 aliphatic rings. The molecule has 0 radical (unpaired) electrons.